The fourth-order valence-electron chi connectivity index (χ4n) is 2.62. The van der Waals surface area contributed by atoms with E-state index >= 15 is 0 Å². The van der Waals surface area contributed by atoms with E-state index in [2.05, 4.69) is 46.5 Å². The van der Waals surface area contributed by atoms with E-state index in [9.17, 15) is 4.79 Å². The number of hydrogen-bond donors (Lipinski definition) is 2. The number of nitrogens with one attached hydrogen (secondary N) is 2. The SMILES string of the molecule is CCN(CC)c1ccc(Nc2ccc(NC(=O)CC(C)C)cn2)cc1. The van der Waals surface area contributed by atoms with E-state index in [4.69, 9.17) is 0 Å². The third kappa shape index (κ3) is 5.78. The van der Waals surface area contributed by atoms with Crippen LogP contribution in [-0.4, -0.2) is 24.0 Å². The Labute approximate surface area is 150 Å². The van der Waals surface area contributed by atoms with Crippen LogP contribution in [-0.2, 0) is 4.79 Å². The lowest BCUT2D eigenvalue weighted by molar-refractivity contribution is -0.116. The third-order valence-electron chi connectivity index (χ3n) is 3.91. The maximum Gasteiger partial charge on any atom is 0.224 e. The molecule has 0 radical (unpaired) electrons. The molecule has 0 atom stereocenters. The second-order valence-corrected chi connectivity index (χ2v) is 6.42. The van der Waals surface area contributed by atoms with Crippen molar-refractivity contribution in [2.45, 2.75) is 34.1 Å². The summed E-state index contributed by atoms with van der Waals surface area (Å²) in [6.45, 7) is 10.3. The van der Waals surface area contributed by atoms with Crippen LogP contribution in [0.3, 0.4) is 0 Å². The number of amides is 1. The molecule has 1 aromatic carbocycles. The molecule has 0 unspecified atom stereocenters. The van der Waals surface area contributed by atoms with Crippen molar-refractivity contribution in [3.05, 3.63) is 42.6 Å². The van der Waals surface area contributed by atoms with Gasteiger partial charge in [0.25, 0.3) is 0 Å². The zero-order chi connectivity index (χ0) is 18.2. The van der Waals surface area contributed by atoms with E-state index in [0.717, 1.165) is 24.6 Å². The Bertz CT molecular complexity index is 661. The Balaban J connectivity index is 1.95. The lowest BCUT2D eigenvalue weighted by Gasteiger charge is -2.21. The summed E-state index contributed by atoms with van der Waals surface area (Å²) in [7, 11) is 0. The van der Waals surface area contributed by atoms with Crippen molar-refractivity contribution in [1.29, 1.82) is 0 Å². The van der Waals surface area contributed by atoms with Crippen LogP contribution in [0.1, 0.15) is 34.1 Å². The molecule has 2 aromatic rings. The summed E-state index contributed by atoms with van der Waals surface area (Å²) in [5, 5.41) is 6.14. The van der Waals surface area contributed by atoms with Gasteiger partial charge in [-0.1, -0.05) is 13.8 Å². The van der Waals surface area contributed by atoms with Gasteiger partial charge in [0, 0.05) is 30.9 Å². The van der Waals surface area contributed by atoms with Crippen molar-refractivity contribution in [2.75, 3.05) is 28.6 Å². The summed E-state index contributed by atoms with van der Waals surface area (Å²) in [4.78, 5) is 18.4. The monoisotopic (exact) mass is 340 g/mol. The number of carbonyl (C=O) groups excluding carboxylic acids is 1. The summed E-state index contributed by atoms with van der Waals surface area (Å²) in [6.07, 6.45) is 2.18. The molecule has 134 valence electrons. The molecule has 0 saturated carbocycles. The number of aromatic nitrogens is 1. The molecule has 1 aromatic heterocycles. The van der Waals surface area contributed by atoms with Crippen molar-refractivity contribution < 1.29 is 4.79 Å². The van der Waals surface area contributed by atoms with Crippen LogP contribution in [0, 0.1) is 5.92 Å². The smallest absolute Gasteiger partial charge is 0.224 e. The number of pyridine rings is 1. The second-order valence-electron chi connectivity index (χ2n) is 6.42. The molecule has 5 nitrogen and oxygen atoms in total. The average Bonchev–Trinajstić information content (AvgIpc) is 2.58. The topological polar surface area (TPSA) is 57.3 Å². The first-order valence-corrected chi connectivity index (χ1v) is 8.89. The fraction of sp³-hybridized carbons (Fsp3) is 0.400. The predicted octanol–water partition coefficient (Wildman–Crippen LogP) is 4.66. The number of anilines is 4. The highest BCUT2D eigenvalue weighted by molar-refractivity contribution is 5.90. The Morgan fingerprint density at radius 1 is 1.04 bits per heavy atom. The molecule has 5 heteroatoms. The van der Waals surface area contributed by atoms with E-state index in [1.807, 2.05) is 38.1 Å². The zero-order valence-electron chi connectivity index (χ0n) is 15.5. The predicted molar refractivity (Wildman–Crippen MR) is 106 cm³/mol. The van der Waals surface area contributed by atoms with E-state index in [1.165, 1.54) is 5.69 Å². The number of benzene rings is 1. The molecule has 0 aliphatic carbocycles. The van der Waals surface area contributed by atoms with Crippen molar-refractivity contribution in [3.8, 4) is 0 Å². The van der Waals surface area contributed by atoms with Gasteiger partial charge in [-0.3, -0.25) is 4.79 Å². The van der Waals surface area contributed by atoms with Gasteiger partial charge in [-0.2, -0.15) is 0 Å². The van der Waals surface area contributed by atoms with E-state index < -0.39 is 0 Å². The van der Waals surface area contributed by atoms with Crippen molar-refractivity contribution in [3.63, 3.8) is 0 Å². The highest BCUT2D eigenvalue weighted by Crippen LogP contribution is 2.21. The van der Waals surface area contributed by atoms with Crippen molar-refractivity contribution in [1.82, 2.24) is 4.98 Å². The van der Waals surface area contributed by atoms with Crippen molar-refractivity contribution >= 4 is 28.8 Å². The van der Waals surface area contributed by atoms with Gasteiger partial charge in [0.05, 0.1) is 11.9 Å². The second kappa shape index (κ2) is 9.06. The molecule has 0 fully saturated rings. The standard InChI is InChI=1S/C20H28N4O/c1-5-24(6-2)18-10-7-16(8-11-18)22-19-12-9-17(14-21-19)23-20(25)13-15(3)4/h7-12,14-15H,5-6,13H2,1-4H3,(H,21,22)(H,23,25). The molecule has 1 amide bonds. The highest BCUT2D eigenvalue weighted by atomic mass is 16.1. The number of carbonyl (C=O) groups is 1. The lowest BCUT2D eigenvalue weighted by atomic mass is 10.1. The van der Waals surface area contributed by atoms with Crippen LogP contribution in [0.2, 0.25) is 0 Å². The maximum absolute atomic E-state index is 11.8. The molecule has 0 aliphatic rings. The molecule has 2 N–H and O–H groups in total. The van der Waals surface area contributed by atoms with Gasteiger partial charge in [-0.25, -0.2) is 4.98 Å². The first-order chi connectivity index (χ1) is 12.0. The molecular weight excluding hydrogens is 312 g/mol. The van der Waals surface area contributed by atoms with Crippen LogP contribution >= 0.6 is 0 Å². The van der Waals surface area contributed by atoms with E-state index in [1.54, 1.807) is 6.20 Å². The van der Waals surface area contributed by atoms with E-state index in [0.29, 0.717) is 18.0 Å². The molecule has 2 rings (SSSR count). The highest BCUT2D eigenvalue weighted by Gasteiger charge is 2.06. The Kier molecular flexibility index (Phi) is 6.81. The van der Waals surface area contributed by atoms with Gasteiger partial charge < -0.3 is 15.5 Å². The summed E-state index contributed by atoms with van der Waals surface area (Å²) < 4.78 is 0. The summed E-state index contributed by atoms with van der Waals surface area (Å²) in [6, 6.07) is 12.0. The largest absolute Gasteiger partial charge is 0.372 e. The normalized spacial score (nSPS) is 10.6. The molecule has 25 heavy (non-hydrogen) atoms. The lowest BCUT2D eigenvalue weighted by Crippen LogP contribution is -2.21. The molecule has 0 spiro atoms. The zero-order valence-corrected chi connectivity index (χ0v) is 15.5. The van der Waals surface area contributed by atoms with E-state index in [-0.39, 0.29) is 5.91 Å². The Morgan fingerprint density at radius 2 is 1.68 bits per heavy atom. The first-order valence-electron chi connectivity index (χ1n) is 8.89. The van der Waals surface area contributed by atoms with Crippen LogP contribution in [0.5, 0.6) is 0 Å². The van der Waals surface area contributed by atoms with Gasteiger partial charge >= 0.3 is 0 Å². The average molecular weight is 340 g/mol. The van der Waals surface area contributed by atoms with Gasteiger partial charge in [-0.05, 0) is 56.2 Å². The third-order valence-corrected chi connectivity index (χ3v) is 3.91. The van der Waals surface area contributed by atoms with Gasteiger partial charge in [-0.15, -0.1) is 0 Å². The molecular formula is C20H28N4O. The molecule has 0 saturated heterocycles. The first kappa shape index (κ1) is 18.8. The van der Waals surface area contributed by atoms with Crippen molar-refractivity contribution in [2.24, 2.45) is 5.92 Å². The number of hydrogen-bond acceptors (Lipinski definition) is 4. The summed E-state index contributed by atoms with van der Waals surface area (Å²) in [5.41, 5.74) is 2.92. The van der Waals surface area contributed by atoms with Gasteiger partial charge in [0.2, 0.25) is 5.91 Å². The maximum atomic E-state index is 11.8. The van der Waals surface area contributed by atoms with Gasteiger partial charge in [0.15, 0.2) is 0 Å². The van der Waals surface area contributed by atoms with Crippen LogP contribution < -0.4 is 15.5 Å². The fourth-order valence-corrected chi connectivity index (χ4v) is 2.62. The molecule has 0 aliphatic heterocycles. The Morgan fingerprint density at radius 3 is 2.20 bits per heavy atom. The minimum Gasteiger partial charge on any atom is -0.372 e. The molecule has 1 heterocycles. The minimum atomic E-state index is 0.0181. The van der Waals surface area contributed by atoms with Crippen LogP contribution in [0.4, 0.5) is 22.9 Å². The summed E-state index contributed by atoms with van der Waals surface area (Å²) in [5.74, 6) is 1.11. The Hall–Kier alpha value is -2.56. The molecule has 0 bridgehead atoms. The van der Waals surface area contributed by atoms with Crippen LogP contribution in [0.15, 0.2) is 42.6 Å². The number of nitrogens with zero attached hydrogens (tertiary/aromatic N) is 2. The van der Waals surface area contributed by atoms with Crippen LogP contribution in [0.25, 0.3) is 0 Å². The van der Waals surface area contributed by atoms with Gasteiger partial charge in [0.1, 0.15) is 5.82 Å². The number of rotatable bonds is 8. The summed E-state index contributed by atoms with van der Waals surface area (Å²) >= 11 is 0. The quantitative estimate of drug-likeness (QED) is 0.734. The minimum absolute atomic E-state index is 0.0181.